The highest BCUT2D eigenvalue weighted by atomic mass is 32.2. The monoisotopic (exact) mass is 445 g/mol. The third-order valence-corrected chi connectivity index (χ3v) is 7.96. The van der Waals surface area contributed by atoms with Gasteiger partial charge in [0.25, 0.3) is 10.0 Å². The van der Waals surface area contributed by atoms with E-state index >= 15 is 0 Å². The van der Waals surface area contributed by atoms with Crippen LogP contribution in [-0.2, 0) is 29.1 Å². The molecule has 0 saturated carbocycles. The first-order valence-electron chi connectivity index (χ1n) is 9.35. The molecule has 1 aromatic heterocycles. The van der Waals surface area contributed by atoms with E-state index in [1.54, 1.807) is 23.3 Å². The van der Waals surface area contributed by atoms with E-state index in [9.17, 15) is 22.8 Å². The summed E-state index contributed by atoms with van der Waals surface area (Å²) in [5.74, 6) is -1.13. The van der Waals surface area contributed by atoms with Crippen molar-refractivity contribution in [1.82, 2.24) is 14.1 Å². The van der Waals surface area contributed by atoms with Gasteiger partial charge in [-0.1, -0.05) is 6.07 Å². The van der Waals surface area contributed by atoms with Crippen LogP contribution in [-0.4, -0.2) is 87.2 Å². The molecule has 0 radical (unpaired) electrons. The Labute approximate surface area is 175 Å². The van der Waals surface area contributed by atoms with Crippen LogP contribution in [0.3, 0.4) is 0 Å². The van der Waals surface area contributed by atoms with Crippen molar-refractivity contribution in [2.75, 3.05) is 46.9 Å². The number of rotatable bonds is 8. The summed E-state index contributed by atoms with van der Waals surface area (Å²) in [6.45, 7) is 2.45. The van der Waals surface area contributed by atoms with Gasteiger partial charge in [0.05, 0.1) is 25.6 Å². The summed E-state index contributed by atoms with van der Waals surface area (Å²) in [5, 5.41) is 1.65. The van der Waals surface area contributed by atoms with Gasteiger partial charge in [-0.3, -0.25) is 14.4 Å². The second-order valence-electron chi connectivity index (χ2n) is 6.85. The lowest BCUT2D eigenvalue weighted by molar-refractivity contribution is -0.151. The molecule has 1 saturated heterocycles. The summed E-state index contributed by atoms with van der Waals surface area (Å²) in [4.78, 5) is 39.5. The summed E-state index contributed by atoms with van der Waals surface area (Å²) in [5.41, 5.74) is 0. The summed E-state index contributed by atoms with van der Waals surface area (Å²) < 4.78 is 31.0. The number of hydrogen-bond acceptors (Lipinski definition) is 7. The quantitative estimate of drug-likeness (QED) is 0.544. The molecule has 0 atom stereocenters. The van der Waals surface area contributed by atoms with Crippen molar-refractivity contribution >= 4 is 39.1 Å². The summed E-state index contributed by atoms with van der Waals surface area (Å²) in [7, 11) is -0.922. The Balaban J connectivity index is 1.83. The molecule has 2 amide bonds. The van der Waals surface area contributed by atoms with E-state index in [4.69, 9.17) is 4.74 Å². The highest BCUT2D eigenvalue weighted by Gasteiger charge is 2.30. The molecule has 2 heterocycles. The van der Waals surface area contributed by atoms with Gasteiger partial charge in [-0.2, -0.15) is 4.31 Å². The second kappa shape index (κ2) is 10.2. The Kier molecular flexibility index (Phi) is 8.17. The predicted octanol–water partition coefficient (Wildman–Crippen LogP) is 0.629. The van der Waals surface area contributed by atoms with Crippen LogP contribution >= 0.6 is 11.3 Å². The van der Waals surface area contributed by atoms with Crippen molar-refractivity contribution in [2.45, 2.75) is 24.0 Å². The van der Waals surface area contributed by atoms with E-state index in [0.29, 0.717) is 32.5 Å². The number of nitrogens with zero attached hydrogens (tertiary/aromatic N) is 3. The SMILES string of the molecule is CCOC(=O)C1CCN(C(=O)CN(C)C(=O)CN(C)S(=O)(=O)c2cccs2)CC1. The van der Waals surface area contributed by atoms with Crippen LogP contribution in [0.15, 0.2) is 21.7 Å². The van der Waals surface area contributed by atoms with Gasteiger partial charge in [0.2, 0.25) is 11.8 Å². The van der Waals surface area contributed by atoms with Gasteiger partial charge in [0.15, 0.2) is 0 Å². The van der Waals surface area contributed by atoms with Crippen LogP contribution in [0.1, 0.15) is 19.8 Å². The number of likely N-dealkylation sites (N-methyl/N-ethyl adjacent to an activating group) is 2. The Hall–Kier alpha value is -1.98. The number of piperidine rings is 1. The molecular formula is C18H27N3O6S2. The molecule has 1 aliphatic heterocycles. The molecule has 162 valence electrons. The molecule has 0 bridgehead atoms. The number of amides is 2. The van der Waals surface area contributed by atoms with Crippen molar-refractivity contribution in [1.29, 1.82) is 0 Å². The lowest BCUT2D eigenvalue weighted by Crippen LogP contribution is -2.47. The summed E-state index contributed by atoms with van der Waals surface area (Å²) in [6, 6.07) is 3.11. The first kappa shape index (κ1) is 23.3. The third-order valence-electron chi connectivity index (χ3n) is 4.78. The fraction of sp³-hybridized carbons (Fsp3) is 0.611. The van der Waals surface area contributed by atoms with Crippen molar-refractivity contribution in [3.05, 3.63) is 17.5 Å². The summed E-state index contributed by atoms with van der Waals surface area (Å²) in [6.07, 6.45) is 1.06. The molecular weight excluding hydrogens is 418 g/mol. The highest BCUT2D eigenvalue weighted by Crippen LogP contribution is 2.20. The van der Waals surface area contributed by atoms with Crippen LogP contribution < -0.4 is 0 Å². The lowest BCUT2D eigenvalue weighted by atomic mass is 9.97. The molecule has 2 rings (SSSR count). The maximum Gasteiger partial charge on any atom is 0.309 e. The van der Waals surface area contributed by atoms with Crippen LogP contribution in [0.4, 0.5) is 0 Å². The molecule has 0 aromatic carbocycles. The van der Waals surface area contributed by atoms with Gasteiger partial charge in [-0.25, -0.2) is 8.42 Å². The zero-order valence-electron chi connectivity index (χ0n) is 16.9. The standard InChI is InChI=1S/C18H27N3O6S2/c1-4-27-18(24)14-7-9-21(10-8-14)16(23)12-19(2)15(22)13-20(3)29(25,26)17-6-5-11-28-17/h5-6,11,14H,4,7-10,12-13H2,1-3H3. The van der Waals surface area contributed by atoms with E-state index in [2.05, 4.69) is 0 Å². The van der Waals surface area contributed by atoms with E-state index in [0.717, 1.165) is 15.6 Å². The Morgan fingerprint density at radius 2 is 1.86 bits per heavy atom. The zero-order chi connectivity index (χ0) is 21.6. The number of sulfonamides is 1. The second-order valence-corrected chi connectivity index (χ2v) is 10.1. The number of carbonyl (C=O) groups excluding carboxylic acids is 3. The minimum Gasteiger partial charge on any atom is -0.466 e. The molecule has 29 heavy (non-hydrogen) atoms. The maximum atomic E-state index is 12.5. The van der Waals surface area contributed by atoms with Crippen LogP contribution in [0.2, 0.25) is 0 Å². The van der Waals surface area contributed by atoms with E-state index in [-0.39, 0.29) is 35.1 Å². The first-order chi connectivity index (χ1) is 13.7. The molecule has 1 fully saturated rings. The molecule has 1 aromatic rings. The summed E-state index contributed by atoms with van der Waals surface area (Å²) >= 11 is 1.08. The first-order valence-corrected chi connectivity index (χ1v) is 11.7. The highest BCUT2D eigenvalue weighted by molar-refractivity contribution is 7.91. The number of carbonyl (C=O) groups is 3. The third kappa shape index (κ3) is 6.00. The number of likely N-dealkylation sites (tertiary alicyclic amines) is 1. The zero-order valence-corrected chi connectivity index (χ0v) is 18.5. The van der Waals surface area contributed by atoms with Crippen LogP contribution in [0.5, 0.6) is 0 Å². The molecule has 0 spiro atoms. The number of hydrogen-bond donors (Lipinski definition) is 0. The normalized spacial score (nSPS) is 15.4. The lowest BCUT2D eigenvalue weighted by Gasteiger charge is -2.32. The van der Waals surface area contributed by atoms with E-state index in [1.807, 2.05) is 0 Å². The van der Waals surface area contributed by atoms with Gasteiger partial charge in [-0.15, -0.1) is 11.3 Å². The van der Waals surface area contributed by atoms with Crippen molar-refractivity contribution < 1.29 is 27.5 Å². The van der Waals surface area contributed by atoms with Gasteiger partial charge in [-0.05, 0) is 31.2 Å². The Morgan fingerprint density at radius 1 is 1.21 bits per heavy atom. The fourth-order valence-corrected chi connectivity index (χ4v) is 5.30. The molecule has 1 aliphatic rings. The van der Waals surface area contributed by atoms with E-state index < -0.39 is 15.9 Å². The number of esters is 1. The van der Waals surface area contributed by atoms with Gasteiger partial charge in [0, 0.05) is 27.2 Å². The van der Waals surface area contributed by atoms with E-state index in [1.165, 1.54) is 25.1 Å². The number of ether oxygens (including phenoxy) is 1. The molecule has 0 aliphatic carbocycles. The fourth-order valence-electron chi connectivity index (χ4n) is 2.98. The average molecular weight is 446 g/mol. The minimum absolute atomic E-state index is 0.143. The number of thiophene rings is 1. The van der Waals surface area contributed by atoms with Crippen molar-refractivity contribution in [2.24, 2.45) is 5.92 Å². The van der Waals surface area contributed by atoms with Gasteiger partial charge in [0.1, 0.15) is 4.21 Å². The predicted molar refractivity (Wildman–Crippen MR) is 108 cm³/mol. The molecule has 0 N–H and O–H groups in total. The molecule has 11 heteroatoms. The van der Waals surface area contributed by atoms with Gasteiger partial charge >= 0.3 is 5.97 Å². The maximum absolute atomic E-state index is 12.5. The Morgan fingerprint density at radius 3 is 2.41 bits per heavy atom. The van der Waals surface area contributed by atoms with Gasteiger partial charge < -0.3 is 14.5 Å². The largest absolute Gasteiger partial charge is 0.466 e. The smallest absolute Gasteiger partial charge is 0.309 e. The Bertz CT molecular complexity index is 817. The van der Waals surface area contributed by atoms with Crippen molar-refractivity contribution in [3.63, 3.8) is 0 Å². The minimum atomic E-state index is -3.73. The molecule has 9 nitrogen and oxygen atoms in total. The molecule has 0 unspecified atom stereocenters. The average Bonchev–Trinajstić information content (AvgIpc) is 3.23. The van der Waals surface area contributed by atoms with Crippen molar-refractivity contribution in [3.8, 4) is 0 Å². The van der Waals surface area contributed by atoms with Crippen LogP contribution in [0.25, 0.3) is 0 Å². The topological polar surface area (TPSA) is 104 Å². The van der Waals surface area contributed by atoms with Crippen LogP contribution in [0, 0.1) is 5.92 Å².